The second-order valence-corrected chi connectivity index (χ2v) is 4.64. The maximum atomic E-state index is 9.96. The Morgan fingerprint density at radius 1 is 0.913 bits per heavy atom. The second kappa shape index (κ2) is 7.23. The standard InChI is InChI=1S/C18H17NO4/c1-21-16-6-4-12(10-15(16)20)14(8-9-19)13-5-7-17(22-2)18(11-13)23-3/h4-8,10-11,20H,1-3H3/b14-8+. The molecule has 5 heteroatoms. The van der Waals surface area contributed by atoms with Crippen molar-refractivity contribution in [3.05, 3.63) is 53.6 Å². The lowest BCUT2D eigenvalue weighted by Gasteiger charge is -2.13. The Morgan fingerprint density at radius 3 is 2.00 bits per heavy atom. The van der Waals surface area contributed by atoms with Crippen LogP contribution in [0.2, 0.25) is 0 Å². The molecule has 0 heterocycles. The van der Waals surface area contributed by atoms with Crippen molar-refractivity contribution >= 4 is 5.57 Å². The van der Waals surface area contributed by atoms with Gasteiger partial charge < -0.3 is 19.3 Å². The lowest BCUT2D eigenvalue weighted by atomic mass is 9.97. The van der Waals surface area contributed by atoms with Gasteiger partial charge in [-0.2, -0.15) is 5.26 Å². The van der Waals surface area contributed by atoms with Crippen LogP contribution < -0.4 is 14.2 Å². The molecule has 0 aliphatic carbocycles. The highest BCUT2D eigenvalue weighted by molar-refractivity contribution is 5.83. The van der Waals surface area contributed by atoms with Crippen LogP contribution in [0.5, 0.6) is 23.0 Å². The average Bonchev–Trinajstić information content (AvgIpc) is 2.59. The number of nitriles is 1. The molecule has 0 unspecified atom stereocenters. The molecule has 2 aromatic rings. The monoisotopic (exact) mass is 311 g/mol. The van der Waals surface area contributed by atoms with Gasteiger partial charge in [-0.05, 0) is 41.0 Å². The third-order valence-electron chi connectivity index (χ3n) is 3.39. The molecule has 23 heavy (non-hydrogen) atoms. The molecule has 0 radical (unpaired) electrons. The number of phenols is 1. The zero-order valence-corrected chi connectivity index (χ0v) is 13.2. The summed E-state index contributed by atoms with van der Waals surface area (Å²) in [6.07, 6.45) is 1.42. The molecule has 1 N–H and O–H groups in total. The molecule has 0 saturated carbocycles. The number of phenolic OH excluding ortho intramolecular Hbond substituents is 1. The Hall–Kier alpha value is -3.13. The molecule has 118 valence electrons. The molecule has 5 nitrogen and oxygen atoms in total. The molecule has 0 aromatic heterocycles. The highest BCUT2D eigenvalue weighted by Crippen LogP contribution is 2.35. The fourth-order valence-electron chi connectivity index (χ4n) is 2.26. The van der Waals surface area contributed by atoms with Crippen molar-refractivity contribution < 1.29 is 19.3 Å². The number of benzene rings is 2. The Labute approximate surface area is 135 Å². The minimum Gasteiger partial charge on any atom is -0.504 e. The predicted molar refractivity (Wildman–Crippen MR) is 86.9 cm³/mol. The lowest BCUT2D eigenvalue weighted by Crippen LogP contribution is -1.94. The predicted octanol–water partition coefficient (Wildman–Crippen LogP) is 3.37. The molecule has 2 aromatic carbocycles. The summed E-state index contributed by atoms with van der Waals surface area (Å²) in [5, 5.41) is 19.0. The minimum atomic E-state index is 0.00863. The van der Waals surface area contributed by atoms with Gasteiger partial charge in [0.2, 0.25) is 0 Å². The van der Waals surface area contributed by atoms with E-state index in [-0.39, 0.29) is 5.75 Å². The zero-order chi connectivity index (χ0) is 16.8. The molecule has 0 atom stereocenters. The fourth-order valence-corrected chi connectivity index (χ4v) is 2.26. The SMILES string of the molecule is COc1ccc(/C(=C\C#N)c2ccc(OC)c(OC)c2)cc1O. The van der Waals surface area contributed by atoms with Crippen LogP contribution >= 0.6 is 0 Å². The Morgan fingerprint density at radius 2 is 1.48 bits per heavy atom. The molecule has 0 spiro atoms. The first-order chi connectivity index (χ1) is 11.1. The normalized spacial score (nSPS) is 10.8. The summed E-state index contributed by atoms with van der Waals surface area (Å²) in [4.78, 5) is 0. The molecule has 0 saturated heterocycles. The molecule has 0 aliphatic heterocycles. The van der Waals surface area contributed by atoms with Crippen LogP contribution in [0.15, 0.2) is 42.5 Å². The first-order valence-electron chi connectivity index (χ1n) is 6.84. The molecular weight excluding hydrogens is 294 g/mol. The number of ether oxygens (including phenoxy) is 3. The number of rotatable bonds is 5. The molecular formula is C18H17NO4. The quantitative estimate of drug-likeness (QED) is 0.857. The van der Waals surface area contributed by atoms with Crippen molar-refractivity contribution in [1.82, 2.24) is 0 Å². The fraction of sp³-hybridized carbons (Fsp3) is 0.167. The van der Waals surface area contributed by atoms with Crippen LogP contribution in [0, 0.1) is 11.3 Å². The van der Waals surface area contributed by atoms with Crippen molar-refractivity contribution in [2.75, 3.05) is 21.3 Å². The third-order valence-corrected chi connectivity index (χ3v) is 3.39. The molecule has 2 rings (SSSR count). The number of hydrogen-bond donors (Lipinski definition) is 1. The van der Waals surface area contributed by atoms with Crippen LogP contribution in [0.25, 0.3) is 5.57 Å². The number of aromatic hydroxyl groups is 1. The van der Waals surface area contributed by atoms with E-state index in [9.17, 15) is 5.11 Å². The average molecular weight is 311 g/mol. The maximum absolute atomic E-state index is 9.96. The topological polar surface area (TPSA) is 71.7 Å². The summed E-state index contributed by atoms with van der Waals surface area (Å²) in [7, 11) is 4.59. The summed E-state index contributed by atoms with van der Waals surface area (Å²) in [6, 6.07) is 12.4. The van der Waals surface area contributed by atoms with Crippen molar-refractivity contribution in [2.24, 2.45) is 0 Å². The van der Waals surface area contributed by atoms with E-state index < -0.39 is 0 Å². The first-order valence-corrected chi connectivity index (χ1v) is 6.84. The third kappa shape index (κ3) is 3.38. The first kappa shape index (κ1) is 16.2. The summed E-state index contributed by atoms with van der Waals surface area (Å²) < 4.78 is 15.6. The zero-order valence-electron chi connectivity index (χ0n) is 13.2. The molecule has 0 fully saturated rings. The molecule has 0 bridgehead atoms. The second-order valence-electron chi connectivity index (χ2n) is 4.64. The van der Waals surface area contributed by atoms with Gasteiger partial charge in [-0.15, -0.1) is 0 Å². The van der Waals surface area contributed by atoms with Gasteiger partial charge in [0.05, 0.1) is 27.4 Å². The number of allylic oxidation sites excluding steroid dienone is 1. The number of nitrogens with zero attached hydrogens (tertiary/aromatic N) is 1. The van der Waals surface area contributed by atoms with Crippen molar-refractivity contribution in [3.63, 3.8) is 0 Å². The van der Waals surface area contributed by atoms with E-state index in [4.69, 9.17) is 19.5 Å². The van der Waals surface area contributed by atoms with Gasteiger partial charge in [0.1, 0.15) is 0 Å². The molecule has 0 amide bonds. The smallest absolute Gasteiger partial charge is 0.161 e. The number of hydrogen-bond acceptors (Lipinski definition) is 5. The molecule has 0 aliphatic rings. The van der Waals surface area contributed by atoms with Crippen LogP contribution in [0.3, 0.4) is 0 Å². The van der Waals surface area contributed by atoms with Crippen LogP contribution in [-0.4, -0.2) is 26.4 Å². The van der Waals surface area contributed by atoms with Crippen LogP contribution in [-0.2, 0) is 0 Å². The Balaban J connectivity index is 2.54. The van der Waals surface area contributed by atoms with Crippen LogP contribution in [0.4, 0.5) is 0 Å². The van der Waals surface area contributed by atoms with Gasteiger partial charge in [-0.1, -0.05) is 12.1 Å². The van der Waals surface area contributed by atoms with E-state index in [2.05, 4.69) is 0 Å². The highest BCUT2D eigenvalue weighted by atomic mass is 16.5. The Kier molecular flexibility index (Phi) is 5.11. The minimum absolute atomic E-state index is 0.00863. The summed E-state index contributed by atoms with van der Waals surface area (Å²) in [5.41, 5.74) is 2.12. The van der Waals surface area contributed by atoms with E-state index in [1.165, 1.54) is 13.2 Å². The van der Waals surface area contributed by atoms with E-state index in [1.54, 1.807) is 44.6 Å². The Bertz CT molecular complexity index is 775. The van der Waals surface area contributed by atoms with Gasteiger partial charge in [-0.25, -0.2) is 0 Å². The summed E-state index contributed by atoms with van der Waals surface area (Å²) >= 11 is 0. The van der Waals surface area contributed by atoms with Gasteiger partial charge in [0, 0.05) is 6.08 Å². The van der Waals surface area contributed by atoms with Gasteiger partial charge in [-0.3, -0.25) is 0 Å². The van der Waals surface area contributed by atoms with E-state index in [0.717, 1.165) is 5.56 Å². The van der Waals surface area contributed by atoms with Gasteiger partial charge >= 0.3 is 0 Å². The van der Waals surface area contributed by atoms with E-state index in [1.807, 2.05) is 12.1 Å². The summed E-state index contributed by atoms with van der Waals surface area (Å²) in [5.74, 6) is 1.54. The van der Waals surface area contributed by atoms with Crippen molar-refractivity contribution in [2.45, 2.75) is 0 Å². The lowest BCUT2D eigenvalue weighted by molar-refractivity contribution is 0.355. The van der Waals surface area contributed by atoms with E-state index in [0.29, 0.717) is 28.4 Å². The summed E-state index contributed by atoms with van der Waals surface area (Å²) in [6.45, 7) is 0. The van der Waals surface area contributed by atoms with Gasteiger partial charge in [0.15, 0.2) is 23.0 Å². The van der Waals surface area contributed by atoms with Crippen LogP contribution in [0.1, 0.15) is 11.1 Å². The number of methoxy groups -OCH3 is 3. The van der Waals surface area contributed by atoms with Crippen molar-refractivity contribution in [3.8, 4) is 29.1 Å². The van der Waals surface area contributed by atoms with E-state index >= 15 is 0 Å². The highest BCUT2D eigenvalue weighted by Gasteiger charge is 2.12. The largest absolute Gasteiger partial charge is 0.504 e. The maximum Gasteiger partial charge on any atom is 0.161 e. The van der Waals surface area contributed by atoms with Crippen molar-refractivity contribution in [1.29, 1.82) is 5.26 Å². The van der Waals surface area contributed by atoms with Gasteiger partial charge in [0.25, 0.3) is 0 Å².